The molecule has 1 heterocycles. The molecule has 0 saturated heterocycles. The number of hydrogen-bond donors (Lipinski definition) is 1. The normalized spacial score (nSPS) is 16.3. The van der Waals surface area contributed by atoms with Crippen LogP contribution in [0.25, 0.3) is 11.4 Å². The van der Waals surface area contributed by atoms with E-state index in [2.05, 4.69) is 38.3 Å². The summed E-state index contributed by atoms with van der Waals surface area (Å²) < 4.78 is 6.42. The SMILES string of the molecule is CCNC(Cc1nc(-c2cccc(Br)c2)no1)C1CC1. The monoisotopic (exact) mass is 335 g/mol. The molecule has 3 rings (SSSR count). The topological polar surface area (TPSA) is 51.0 Å². The van der Waals surface area contributed by atoms with Crippen molar-refractivity contribution in [1.29, 1.82) is 0 Å². The molecule has 0 aliphatic heterocycles. The lowest BCUT2D eigenvalue weighted by Crippen LogP contribution is -2.33. The minimum absolute atomic E-state index is 0.468. The van der Waals surface area contributed by atoms with Crippen LogP contribution in [0.15, 0.2) is 33.3 Å². The van der Waals surface area contributed by atoms with E-state index in [4.69, 9.17) is 4.52 Å². The Morgan fingerprint density at radius 2 is 2.30 bits per heavy atom. The molecule has 0 radical (unpaired) electrons. The second kappa shape index (κ2) is 6.06. The van der Waals surface area contributed by atoms with Crippen LogP contribution in [-0.2, 0) is 6.42 Å². The molecule has 4 nitrogen and oxygen atoms in total. The maximum Gasteiger partial charge on any atom is 0.228 e. The second-order valence-electron chi connectivity index (χ2n) is 5.23. The van der Waals surface area contributed by atoms with E-state index in [1.807, 2.05) is 24.3 Å². The molecule has 106 valence electrons. The van der Waals surface area contributed by atoms with Crippen molar-refractivity contribution in [2.45, 2.75) is 32.2 Å². The molecule has 1 saturated carbocycles. The van der Waals surface area contributed by atoms with E-state index >= 15 is 0 Å². The van der Waals surface area contributed by atoms with E-state index in [-0.39, 0.29) is 0 Å². The Labute approximate surface area is 127 Å². The lowest BCUT2D eigenvalue weighted by Gasteiger charge is -2.14. The van der Waals surface area contributed by atoms with Crippen molar-refractivity contribution in [3.05, 3.63) is 34.6 Å². The highest BCUT2D eigenvalue weighted by molar-refractivity contribution is 9.10. The molecule has 2 aromatic rings. The summed E-state index contributed by atoms with van der Waals surface area (Å²) in [5.41, 5.74) is 0.973. The molecule has 1 N–H and O–H groups in total. The summed E-state index contributed by atoms with van der Waals surface area (Å²) >= 11 is 3.46. The van der Waals surface area contributed by atoms with Gasteiger partial charge in [0.05, 0.1) is 0 Å². The van der Waals surface area contributed by atoms with E-state index in [9.17, 15) is 0 Å². The molecule has 1 aromatic carbocycles. The molecule has 1 aromatic heterocycles. The van der Waals surface area contributed by atoms with Gasteiger partial charge in [0.25, 0.3) is 0 Å². The minimum atomic E-state index is 0.468. The quantitative estimate of drug-likeness (QED) is 0.878. The van der Waals surface area contributed by atoms with Gasteiger partial charge >= 0.3 is 0 Å². The number of likely N-dealkylation sites (N-methyl/N-ethyl adjacent to an activating group) is 1. The van der Waals surface area contributed by atoms with Crippen molar-refractivity contribution < 1.29 is 4.52 Å². The van der Waals surface area contributed by atoms with Crippen molar-refractivity contribution >= 4 is 15.9 Å². The Morgan fingerprint density at radius 1 is 1.45 bits per heavy atom. The van der Waals surface area contributed by atoms with Gasteiger partial charge in [-0.15, -0.1) is 0 Å². The van der Waals surface area contributed by atoms with Crippen LogP contribution in [0.3, 0.4) is 0 Å². The molecule has 20 heavy (non-hydrogen) atoms. The molecule has 1 fully saturated rings. The Morgan fingerprint density at radius 3 is 3.00 bits per heavy atom. The molecule has 1 aliphatic carbocycles. The van der Waals surface area contributed by atoms with Gasteiger partial charge in [0.2, 0.25) is 11.7 Å². The van der Waals surface area contributed by atoms with Gasteiger partial charge in [0.1, 0.15) is 0 Å². The van der Waals surface area contributed by atoms with Crippen LogP contribution in [0.5, 0.6) is 0 Å². The number of rotatable bonds is 6. The van der Waals surface area contributed by atoms with E-state index in [0.717, 1.165) is 34.8 Å². The summed E-state index contributed by atoms with van der Waals surface area (Å²) in [5.74, 6) is 2.15. The van der Waals surface area contributed by atoms with Gasteiger partial charge in [-0.05, 0) is 37.4 Å². The average Bonchev–Trinajstić information content (AvgIpc) is 3.18. The fourth-order valence-corrected chi connectivity index (χ4v) is 2.84. The molecular weight excluding hydrogens is 318 g/mol. The smallest absolute Gasteiger partial charge is 0.228 e. The largest absolute Gasteiger partial charge is 0.339 e. The summed E-state index contributed by atoms with van der Waals surface area (Å²) in [6.45, 7) is 3.11. The van der Waals surface area contributed by atoms with Gasteiger partial charge < -0.3 is 9.84 Å². The van der Waals surface area contributed by atoms with E-state index < -0.39 is 0 Å². The van der Waals surface area contributed by atoms with Crippen LogP contribution in [0.1, 0.15) is 25.7 Å². The first-order chi connectivity index (χ1) is 9.76. The predicted molar refractivity (Wildman–Crippen MR) is 81.3 cm³/mol. The summed E-state index contributed by atoms with van der Waals surface area (Å²) in [7, 11) is 0. The van der Waals surface area contributed by atoms with Crippen molar-refractivity contribution in [1.82, 2.24) is 15.5 Å². The average molecular weight is 336 g/mol. The molecule has 0 amide bonds. The van der Waals surface area contributed by atoms with Crippen molar-refractivity contribution in [2.24, 2.45) is 5.92 Å². The standard InChI is InChI=1S/C15H18BrN3O/c1-2-17-13(10-6-7-10)9-14-18-15(19-20-14)11-4-3-5-12(16)8-11/h3-5,8,10,13,17H,2,6-7,9H2,1H3. The highest BCUT2D eigenvalue weighted by Gasteiger charge is 2.31. The molecule has 0 spiro atoms. The second-order valence-corrected chi connectivity index (χ2v) is 6.14. The highest BCUT2D eigenvalue weighted by Crippen LogP contribution is 2.34. The van der Waals surface area contributed by atoms with Gasteiger partial charge in [-0.3, -0.25) is 0 Å². The van der Waals surface area contributed by atoms with Crippen molar-refractivity contribution in [3.8, 4) is 11.4 Å². The summed E-state index contributed by atoms with van der Waals surface area (Å²) in [6.07, 6.45) is 3.44. The fourth-order valence-electron chi connectivity index (χ4n) is 2.44. The van der Waals surface area contributed by atoms with Gasteiger partial charge in [0, 0.05) is 22.5 Å². The summed E-state index contributed by atoms with van der Waals surface area (Å²) in [4.78, 5) is 4.52. The van der Waals surface area contributed by atoms with Crippen LogP contribution in [-0.4, -0.2) is 22.7 Å². The van der Waals surface area contributed by atoms with Crippen LogP contribution in [0.4, 0.5) is 0 Å². The number of aromatic nitrogens is 2. The third-order valence-electron chi connectivity index (χ3n) is 3.60. The van der Waals surface area contributed by atoms with Crippen LogP contribution >= 0.6 is 15.9 Å². The lowest BCUT2D eigenvalue weighted by atomic mass is 10.1. The molecular formula is C15H18BrN3O. The van der Waals surface area contributed by atoms with Gasteiger partial charge in [-0.1, -0.05) is 40.1 Å². The minimum Gasteiger partial charge on any atom is -0.339 e. The van der Waals surface area contributed by atoms with Crippen LogP contribution in [0.2, 0.25) is 0 Å². The number of nitrogens with zero attached hydrogens (tertiary/aromatic N) is 2. The van der Waals surface area contributed by atoms with Crippen LogP contribution in [0, 0.1) is 5.92 Å². The van der Waals surface area contributed by atoms with Gasteiger partial charge in [-0.25, -0.2) is 0 Å². The number of benzene rings is 1. The maximum atomic E-state index is 5.40. The molecule has 0 bridgehead atoms. The maximum absolute atomic E-state index is 5.40. The van der Waals surface area contributed by atoms with Gasteiger partial charge in [0.15, 0.2) is 0 Å². The predicted octanol–water partition coefficient (Wildman–Crippen LogP) is 3.43. The lowest BCUT2D eigenvalue weighted by molar-refractivity contribution is 0.348. The zero-order chi connectivity index (χ0) is 13.9. The fraction of sp³-hybridized carbons (Fsp3) is 0.467. The van der Waals surface area contributed by atoms with Crippen molar-refractivity contribution in [2.75, 3.05) is 6.54 Å². The number of halogens is 1. The zero-order valence-electron chi connectivity index (χ0n) is 11.5. The number of nitrogens with one attached hydrogen (secondary N) is 1. The van der Waals surface area contributed by atoms with E-state index in [1.54, 1.807) is 0 Å². The molecule has 1 aliphatic rings. The van der Waals surface area contributed by atoms with Crippen LogP contribution < -0.4 is 5.32 Å². The summed E-state index contributed by atoms with van der Waals surface area (Å²) in [5, 5.41) is 7.60. The zero-order valence-corrected chi connectivity index (χ0v) is 13.1. The Bertz CT molecular complexity index is 580. The molecule has 1 unspecified atom stereocenters. The molecule has 1 atom stereocenters. The Balaban J connectivity index is 1.73. The highest BCUT2D eigenvalue weighted by atomic mass is 79.9. The first-order valence-corrected chi connectivity index (χ1v) is 7.87. The Hall–Kier alpha value is -1.20. The van der Waals surface area contributed by atoms with Crippen molar-refractivity contribution in [3.63, 3.8) is 0 Å². The van der Waals surface area contributed by atoms with Gasteiger partial charge in [-0.2, -0.15) is 4.98 Å². The Kier molecular flexibility index (Phi) is 4.17. The first kappa shape index (κ1) is 13.8. The third kappa shape index (κ3) is 3.27. The first-order valence-electron chi connectivity index (χ1n) is 7.08. The molecule has 5 heteroatoms. The van der Waals surface area contributed by atoms with E-state index in [1.165, 1.54) is 12.8 Å². The third-order valence-corrected chi connectivity index (χ3v) is 4.10. The number of hydrogen-bond acceptors (Lipinski definition) is 4. The summed E-state index contributed by atoms with van der Waals surface area (Å²) in [6, 6.07) is 8.41. The van der Waals surface area contributed by atoms with E-state index in [0.29, 0.717) is 11.9 Å².